The predicted octanol–water partition coefficient (Wildman–Crippen LogP) is 13.7. The molecule has 8 nitrogen and oxygen atoms in total. The first-order chi connectivity index (χ1) is 26.7. The maximum Gasteiger partial charge on any atom is 0.303 e. The fourth-order valence-electron chi connectivity index (χ4n) is 5.81. The number of carboxylic acids is 1. The molecule has 0 aromatic rings. The number of ether oxygens (including phenoxy) is 1. The van der Waals surface area contributed by atoms with Crippen LogP contribution in [0.1, 0.15) is 214 Å². The highest BCUT2D eigenvalue weighted by molar-refractivity contribution is 7.45. The topological polar surface area (TPSA) is 128 Å². The first-order valence-corrected chi connectivity index (χ1v) is 24.5. The van der Waals surface area contributed by atoms with Crippen molar-refractivity contribution in [3.05, 3.63) is 24.3 Å². The first kappa shape index (κ1) is 64.0. The normalized spacial score (nSPS) is 11.9. The monoisotopic (exact) mass is 820 g/mol. The van der Waals surface area contributed by atoms with E-state index in [0.29, 0.717) is 18.9 Å². The van der Waals surface area contributed by atoms with Crippen molar-refractivity contribution in [1.82, 2.24) is 4.90 Å². The van der Waals surface area contributed by atoms with Gasteiger partial charge in [0.15, 0.2) is 8.38 Å². The van der Waals surface area contributed by atoms with Crippen LogP contribution in [0.3, 0.4) is 0 Å². The fourth-order valence-corrected chi connectivity index (χ4v) is 6.28. The molecule has 2 atom stereocenters. The molecule has 0 amide bonds. The van der Waals surface area contributed by atoms with Crippen LogP contribution in [0.5, 0.6) is 0 Å². The van der Waals surface area contributed by atoms with Crippen LogP contribution >= 0.6 is 8.38 Å². The standard InChI is InChI=1S/C23H47O3P.C18H34O2.C5H13N.CH2O.H2O/c1-4-5-6-7-8-9-10-11-12-13-14-15-16-17-18-19-20-25-21-23(2)22-26-27(3)24;1-2-3-4-5-6-7-8-9-10-11-12-13-14-15-16-17-18(19)20;1-4-5-6(2)3;1-2;/h11-12,23-24H,4-10,13-22H2,1-3H3;9-10H,2-8,11-17H2,1H3,(H,19,20);4-5H2,1-3H3;1H2;1H2/b12-11-;10-9-;;;. The molecule has 0 fully saturated rings. The highest BCUT2D eigenvalue weighted by Crippen LogP contribution is 2.25. The van der Waals surface area contributed by atoms with Gasteiger partial charge in [0.25, 0.3) is 0 Å². The minimum Gasteiger partial charge on any atom is -0.481 e. The molecule has 0 saturated heterocycles. The van der Waals surface area contributed by atoms with Crippen LogP contribution in [0.4, 0.5) is 0 Å². The van der Waals surface area contributed by atoms with Gasteiger partial charge in [-0.15, -0.1) is 0 Å². The lowest BCUT2D eigenvalue weighted by molar-refractivity contribution is -0.137. The second-order valence-electron chi connectivity index (χ2n) is 15.4. The van der Waals surface area contributed by atoms with E-state index in [-0.39, 0.29) is 5.48 Å². The molecule has 2 unspecified atom stereocenters. The Morgan fingerprint density at radius 2 is 0.964 bits per heavy atom. The van der Waals surface area contributed by atoms with E-state index in [1.807, 2.05) is 6.79 Å². The summed E-state index contributed by atoms with van der Waals surface area (Å²) in [6.45, 7) is 15.9. The Morgan fingerprint density at radius 1 is 0.607 bits per heavy atom. The number of unbranched alkanes of at least 4 members (excludes halogenated alkanes) is 23. The first-order valence-electron chi connectivity index (χ1n) is 22.8. The van der Waals surface area contributed by atoms with Gasteiger partial charge in [0.05, 0.1) is 13.2 Å². The van der Waals surface area contributed by atoms with Crippen molar-refractivity contribution in [2.75, 3.05) is 47.1 Å². The fraction of sp³-hybridized carbons (Fsp3) is 0.872. The van der Waals surface area contributed by atoms with E-state index in [9.17, 15) is 4.79 Å². The molecule has 0 spiro atoms. The van der Waals surface area contributed by atoms with Gasteiger partial charge < -0.3 is 34.4 Å². The summed E-state index contributed by atoms with van der Waals surface area (Å²) >= 11 is 0. The van der Waals surface area contributed by atoms with Gasteiger partial charge in [-0.1, -0.05) is 161 Å². The Morgan fingerprint density at radius 3 is 1.29 bits per heavy atom. The zero-order valence-electron chi connectivity index (χ0n) is 38.4. The molecule has 0 rings (SSSR count). The summed E-state index contributed by atoms with van der Waals surface area (Å²) in [4.78, 5) is 29.6. The molecular weight excluding hydrogens is 721 g/mol. The molecule has 0 aliphatic rings. The van der Waals surface area contributed by atoms with Gasteiger partial charge in [-0.3, -0.25) is 4.79 Å². The Balaban J connectivity index is -0.000000262. The summed E-state index contributed by atoms with van der Waals surface area (Å²) in [5.41, 5.74) is 0. The molecule has 0 bridgehead atoms. The molecule has 0 saturated carbocycles. The lowest BCUT2D eigenvalue weighted by atomic mass is 10.1. The zero-order chi connectivity index (χ0) is 41.9. The number of allylic oxidation sites excluding steroid dienone is 4. The number of carbonyl (C=O) groups excluding carboxylic acids is 1. The van der Waals surface area contributed by atoms with Crippen LogP contribution in [0.25, 0.3) is 0 Å². The average Bonchev–Trinajstić information content (AvgIpc) is 3.16. The average molecular weight is 820 g/mol. The molecule has 4 N–H and O–H groups in total. The third-order valence-corrected chi connectivity index (χ3v) is 9.59. The Bertz CT molecular complexity index is 752. The van der Waals surface area contributed by atoms with E-state index in [0.717, 1.165) is 32.5 Å². The number of hydrogen-bond donors (Lipinski definition) is 2. The summed E-state index contributed by atoms with van der Waals surface area (Å²) in [6.07, 6.45) is 46.0. The largest absolute Gasteiger partial charge is 0.481 e. The maximum absolute atomic E-state index is 10.3. The highest BCUT2D eigenvalue weighted by Gasteiger charge is 2.05. The van der Waals surface area contributed by atoms with Crippen molar-refractivity contribution in [2.45, 2.75) is 214 Å². The number of carbonyl (C=O) groups is 2. The van der Waals surface area contributed by atoms with Crippen LogP contribution in [0.2, 0.25) is 0 Å². The zero-order valence-corrected chi connectivity index (χ0v) is 39.2. The molecule has 0 aromatic carbocycles. The van der Waals surface area contributed by atoms with Crippen LogP contribution in [-0.2, 0) is 18.8 Å². The van der Waals surface area contributed by atoms with E-state index in [4.69, 9.17) is 24.1 Å². The van der Waals surface area contributed by atoms with Crippen molar-refractivity contribution in [3.8, 4) is 0 Å². The Hall–Kier alpha value is -1.15. The van der Waals surface area contributed by atoms with Crippen molar-refractivity contribution in [2.24, 2.45) is 5.92 Å². The molecule has 0 aliphatic carbocycles. The second kappa shape index (κ2) is 60.5. The summed E-state index contributed by atoms with van der Waals surface area (Å²) < 4.78 is 10.9. The van der Waals surface area contributed by atoms with Crippen molar-refractivity contribution >= 4 is 21.1 Å². The van der Waals surface area contributed by atoms with E-state index in [2.05, 4.69) is 71.0 Å². The van der Waals surface area contributed by atoms with Crippen molar-refractivity contribution in [3.63, 3.8) is 0 Å². The molecule has 0 heterocycles. The predicted molar refractivity (Wildman–Crippen MR) is 247 cm³/mol. The minimum atomic E-state index is -1.23. The van der Waals surface area contributed by atoms with E-state index in [1.54, 1.807) is 6.66 Å². The third-order valence-electron chi connectivity index (χ3n) is 9.07. The van der Waals surface area contributed by atoms with Gasteiger partial charge in [0.1, 0.15) is 6.79 Å². The minimum absolute atomic E-state index is 0. The van der Waals surface area contributed by atoms with E-state index >= 15 is 0 Å². The van der Waals surface area contributed by atoms with Crippen molar-refractivity contribution < 1.29 is 34.3 Å². The SMILES string of the molecule is C=O.CCCCCCCC/C=C\CCCCCCCC(=O)O.CCCCCCCC/C=C\CCCCCCCCOCC(C)COP(C)O.CCCN(C)C.O. The van der Waals surface area contributed by atoms with E-state index in [1.165, 1.54) is 167 Å². The molecule has 56 heavy (non-hydrogen) atoms. The Labute approximate surface area is 350 Å². The smallest absolute Gasteiger partial charge is 0.303 e. The quantitative estimate of drug-likeness (QED) is 0.0360. The highest BCUT2D eigenvalue weighted by atomic mass is 31.2. The Kier molecular flexibility index (Phi) is 69.2. The van der Waals surface area contributed by atoms with Crippen molar-refractivity contribution in [1.29, 1.82) is 0 Å². The number of aliphatic carboxylic acids is 1. The number of nitrogens with zero attached hydrogens (tertiary/aromatic N) is 1. The summed E-state index contributed by atoms with van der Waals surface area (Å²) in [5.74, 6) is -0.307. The molecule has 9 heteroatoms. The van der Waals surface area contributed by atoms with Gasteiger partial charge in [0, 0.05) is 25.6 Å². The number of hydrogen-bond acceptors (Lipinski definition) is 6. The van der Waals surface area contributed by atoms with Gasteiger partial charge in [-0.2, -0.15) is 0 Å². The van der Waals surface area contributed by atoms with Crippen LogP contribution in [-0.4, -0.2) is 80.3 Å². The van der Waals surface area contributed by atoms with Gasteiger partial charge in [0.2, 0.25) is 0 Å². The van der Waals surface area contributed by atoms with Gasteiger partial charge in [-0.25, -0.2) is 0 Å². The summed E-state index contributed by atoms with van der Waals surface area (Å²) in [7, 11) is 2.94. The lowest BCUT2D eigenvalue weighted by Gasteiger charge is -2.13. The molecule has 0 aromatic heterocycles. The summed E-state index contributed by atoms with van der Waals surface area (Å²) in [5, 5.41) is 8.51. The van der Waals surface area contributed by atoms with Gasteiger partial charge in [-0.05, 0) is 91.3 Å². The van der Waals surface area contributed by atoms with E-state index < -0.39 is 14.3 Å². The number of rotatable bonds is 38. The van der Waals surface area contributed by atoms with Gasteiger partial charge >= 0.3 is 5.97 Å². The second-order valence-corrected chi connectivity index (χ2v) is 16.6. The number of carboxylic acid groups (broad SMARTS) is 1. The molecule has 0 radical (unpaired) electrons. The lowest BCUT2D eigenvalue weighted by Crippen LogP contribution is -2.12. The van der Waals surface area contributed by atoms with Crippen LogP contribution in [0.15, 0.2) is 24.3 Å². The maximum atomic E-state index is 10.3. The van der Waals surface area contributed by atoms with Crippen LogP contribution in [0, 0.1) is 5.92 Å². The third kappa shape index (κ3) is 73.9. The molecular formula is C47H98NO7P. The van der Waals surface area contributed by atoms with Crippen LogP contribution < -0.4 is 0 Å². The molecule has 338 valence electrons. The summed E-state index contributed by atoms with van der Waals surface area (Å²) in [6, 6.07) is 0. The molecule has 0 aliphatic heterocycles.